The molecule has 1 rings (SSSR count). The fourth-order valence-electron chi connectivity index (χ4n) is 0.851. The Morgan fingerprint density at radius 2 is 2.25 bits per heavy atom. The summed E-state index contributed by atoms with van der Waals surface area (Å²) in [6, 6.07) is 4.82. The molecule has 0 aliphatic carbocycles. The van der Waals surface area contributed by atoms with Crippen LogP contribution in [-0.2, 0) is 5.75 Å². The van der Waals surface area contributed by atoms with E-state index in [4.69, 9.17) is 0 Å². The number of hydrogen-bond donors (Lipinski definition) is 0. The molecule has 0 aliphatic rings. The van der Waals surface area contributed by atoms with Gasteiger partial charge in [-0.05, 0) is 23.4 Å². The Balaban J connectivity index is 2.72. The third kappa shape index (κ3) is 2.79. The molecular formula is C9H10BrFS. The predicted molar refractivity (Wildman–Crippen MR) is 55.9 cm³/mol. The van der Waals surface area contributed by atoms with Crippen molar-refractivity contribution in [1.82, 2.24) is 0 Å². The minimum Gasteiger partial charge on any atom is -0.207 e. The average molecular weight is 249 g/mol. The van der Waals surface area contributed by atoms with E-state index in [2.05, 4.69) is 22.9 Å². The zero-order valence-corrected chi connectivity index (χ0v) is 9.21. The maximum absolute atomic E-state index is 12.6. The Kier molecular flexibility index (Phi) is 4.09. The maximum atomic E-state index is 12.6. The first-order chi connectivity index (χ1) is 5.74. The highest BCUT2D eigenvalue weighted by Crippen LogP contribution is 2.22. The van der Waals surface area contributed by atoms with Crippen molar-refractivity contribution >= 4 is 27.7 Å². The molecule has 0 fully saturated rings. The lowest BCUT2D eigenvalue weighted by Crippen LogP contribution is -1.84. The zero-order chi connectivity index (χ0) is 8.97. The van der Waals surface area contributed by atoms with Gasteiger partial charge in [-0.3, -0.25) is 0 Å². The number of rotatable bonds is 3. The van der Waals surface area contributed by atoms with Gasteiger partial charge in [-0.25, -0.2) is 4.39 Å². The first-order valence-electron chi connectivity index (χ1n) is 3.75. The molecule has 0 heterocycles. The molecule has 0 bridgehead atoms. The summed E-state index contributed by atoms with van der Waals surface area (Å²) in [6.45, 7) is 2.11. The highest BCUT2D eigenvalue weighted by atomic mass is 79.9. The van der Waals surface area contributed by atoms with E-state index in [1.807, 2.05) is 17.8 Å². The highest BCUT2D eigenvalue weighted by Gasteiger charge is 2.00. The SMILES string of the molecule is CCSCc1ccc(F)cc1Br. The summed E-state index contributed by atoms with van der Waals surface area (Å²) in [5.41, 5.74) is 1.16. The van der Waals surface area contributed by atoms with E-state index in [9.17, 15) is 4.39 Å². The molecule has 0 unspecified atom stereocenters. The van der Waals surface area contributed by atoms with Gasteiger partial charge in [-0.1, -0.05) is 28.9 Å². The highest BCUT2D eigenvalue weighted by molar-refractivity contribution is 9.10. The number of hydrogen-bond acceptors (Lipinski definition) is 1. The maximum Gasteiger partial charge on any atom is 0.124 e. The van der Waals surface area contributed by atoms with Gasteiger partial charge in [-0.15, -0.1) is 0 Å². The fourth-order valence-corrected chi connectivity index (χ4v) is 2.20. The standard InChI is InChI=1S/C9H10BrFS/c1-2-12-6-7-3-4-8(11)5-9(7)10/h3-5H,2,6H2,1H3. The van der Waals surface area contributed by atoms with Gasteiger partial charge in [0, 0.05) is 10.2 Å². The molecule has 0 amide bonds. The molecular weight excluding hydrogens is 239 g/mol. The van der Waals surface area contributed by atoms with E-state index in [-0.39, 0.29) is 5.82 Å². The quantitative estimate of drug-likeness (QED) is 0.784. The molecule has 66 valence electrons. The molecule has 0 atom stereocenters. The first-order valence-corrected chi connectivity index (χ1v) is 5.70. The molecule has 0 aromatic heterocycles. The van der Waals surface area contributed by atoms with Gasteiger partial charge in [0.25, 0.3) is 0 Å². The second kappa shape index (κ2) is 4.87. The van der Waals surface area contributed by atoms with Crippen LogP contribution in [0.5, 0.6) is 0 Å². The van der Waals surface area contributed by atoms with Crippen molar-refractivity contribution in [2.75, 3.05) is 5.75 Å². The molecule has 0 aliphatic heterocycles. The van der Waals surface area contributed by atoms with Gasteiger partial charge < -0.3 is 0 Å². The van der Waals surface area contributed by atoms with E-state index >= 15 is 0 Å². The topological polar surface area (TPSA) is 0 Å². The third-order valence-electron chi connectivity index (χ3n) is 1.48. The fraction of sp³-hybridized carbons (Fsp3) is 0.333. The first kappa shape index (κ1) is 10.1. The van der Waals surface area contributed by atoms with Crippen molar-refractivity contribution in [2.45, 2.75) is 12.7 Å². The lowest BCUT2D eigenvalue weighted by atomic mass is 10.2. The summed E-state index contributed by atoms with van der Waals surface area (Å²) in [6.07, 6.45) is 0. The van der Waals surface area contributed by atoms with E-state index < -0.39 is 0 Å². The van der Waals surface area contributed by atoms with Crippen LogP contribution in [-0.4, -0.2) is 5.75 Å². The van der Waals surface area contributed by atoms with Crippen LogP contribution in [0.3, 0.4) is 0 Å². The Hall–Kier alpha value is -0.0200. The average Bonchev–Trinajstić information content (AvgIpc) is 2.03. The van der Waals surface area contributed by atoms with Gasteiger partial charge in [0.2, 0.25) is 0 Å². The molecule has 1 aromatic carbocycles. The van der Waals surface area contributed by atoms with E-state index in [1.165, 1.54) is 12.1 Å². The molecule has 0 N–H and O–H groups in total. The predicted octanol–water partition coefficient (Wildman–Crippen LogP) is 3.84. The van der Waals surface area contributed by atoms with Crippen LogP contribution in [0.25, 0.3) is 0 Å². The minimum absolute atomic E-state index is 0.188. The Morgan fingerprint density at radius 1 is 1.50 bits per heavy atom. The Labute approximate surface area is 84.7 Å². The van der Waals surface area contributed by atoms with Crippen molar-refractivity contribution in [3.63, 3.8) is 0 Å². The van der Waals surface area contributed by atoms with E-state index in [0.717, 1.165) is 21.5 Å². The van der Waals surface area contributed by atoms with Crippen molar-refractivity contribution in [3.05, 3.63) is 34.1 Å². The molecule has 0 spiro atoms. The van der Waals surface area contributed by atoms with Crippen LogP contribution < -0.4 is 0 Å². The van der Waals surface area contributed by atoms with Crippen LogP contribution in [0.4, 0.5) is 4.39 Å². The van der Waals surface area contributed by atoms with Crippen LogP contribution in [0.15, 0.2) is 22.7 Å². The summed E-state index contributed by atoms with van der Waals surface area (Å²) in [4.78, 5) is 0. The van der Waals surface area contributed by atoms with Gasteiger partial charge in [0.1, 0.15) is 5.82 Å². The lowest BCUT2D eigenvalue weighted by molar-refractivity contribution is 0.626. The van der Waals surface area contributed by atoms with Crippen molar-refractivity contribution in [2.24, 2.45) is 0 Å². The summed E-state index contributed by atoms with van der Waals surface area (Å²) >= 11 is 5.15. The summed E-state index contributed by atoms with van der Waals surface area (Å²) in [5, 5.41) is 0. The number of halogens is 2. The monoisotopic (exact) mass is 248 g/mol. The summed E-state index contributed by atoms with van der Waals surface area (Å²) in [5.74, 6) is 1.84. The molecule has 0 nitrogen and oxygen atoms in total. The third-order valence-corrected chi connectivity index (χ3v) is 3.14. The van der Waals surface area contributed by atoms with Gasteiger partial charge in [-0.2, -0.15) is 11.8 Å². The second-order valence-corrected chi connectivity index (χ2v) is 4.50. The van der Waals surface area contributed by atoms with Crippen molar-refractivity contribution in [3.8, 4) is 0 Å². The summed E-state index contributed by atoms with van der Waals surface area (Å²) < 4.78 is 13.5. The molecule has 0 saturated carbocycles. The Bertz CT molecular complexity index is 263. The van der Waals surface area contributed by atoms with Gasteiger partial charge >= 0.3 is 0 Å². The van der Waals surface area contributed by atoms with Crippen molar-refractivity contribution in [1.29, 1.82) is 0 Å². The number of thioether (sulfide) groups is 1. The van der Waals surface area contributed by atoms with Crippen LogP contribution in [0.1, 0.15) is 12.5 Å². The van der Waals surface area contributed by atoms with Crippen LogP contribution in [0.2, 0.25) is 0 Å². The minimum atomic E-state index is -0.188. The van der Waals surface area contributed by atoms with E-state index in [0.29, 0.717) is 0 Å². The lowest BCUT2D eigenvalue weighted by Gasteiger charge is -2.02. The Morgan fingerprint density at radius 3 is 2.83 bits per heavy atom. The van der Waals surface area contributed by atoms with Crippen LogP contribution in [0, 0.1) is 5.82 Å². The van der Waals surface area contributed by atoms with E-state index in [1.54, 1.807) is 0 Å². The van der Waals surface area contributed by atoms with Gasteiger partial charge in [0.05, 0.1) is 0 Å². The molecule has 12 heavy (non-hydrogen) atoms. The second-order valence-electron chi connectivity index (χ2n) is 2.37. The zero-order valence-electron chi connectivity index (χ0n) is 6.81. The molecule has 1 aromatic rings. The van der Waals surface area contributed by atoms with Crippen molar-refractivity contribution < 1.29 is 4.39 Å². The smallest absolute Gasteiger partial charge is 0.124 e. The summed E-state index contributed by atoms with van der Waals surface area (Å²) in [7, 11) is 0. The molecule has 0 radical (unpaired) electrons. The van der Waals surface area contributed by atoms with Gasteiger partial charge in [0.15, 0.2) is 0 Å². The van der Waals surface area contributed by atoms with Crippen LogP contribution >= 0.6 is 27.7 Å². The largest absolute Gasteiger partial charge is 0.207 e. The normalized spacial score (nSPS) is 10.2. The number of benzene rings is 1. The molecule has 0 saturated heterocycles. The molecule has 3 heteroatoms.